The number of anilines is 18. The number of nitrogens with zero attached hydrogens (tertiary/aromatic N) is 16. The van der Waals surface area contributed by atoms with E-state index in [4.69, 9.17) is 38.4 Å². The van der Waals surface area contributed by atoms with Crippen molar-refractivity contribution in [3.8, 4) is 17.2 Å². The Bertz CT molecular complexity index is 5870. The fourth-order valence-corrected chi connectivity index (χ4v) is 14.8. The number of ether oxygens (including phenoxy) is 6. The van der Waals surface area contributed by atoms with Gasteiger partial charge in [-0.1, -0.05) is 44.5 Å². The summed E-state index contributed by atoms with van der Waals surface area (Å²) in [5.74, 6) is 7.96. The first kappa shape index (κ1) is 81.2. The maximum absolute atomic E-state index is 5.97. The van der Waals surface area contributed by atoms with Gasteiger partial charge in [-0.3, -0.25) is 0 Å². The molecule has 15 aromatic rings. The Labute approximate surface area is 710 Å². The molecule has 123 heavy (non-hydrogen) atoms. The molecule has 34 nitrogen and oxygen atoms in total. The van der Waals surface area contributed by atoms with Crippen LogP contribution in [0.4, 0.5) is 104 Å². The predicted molar refractivity (Wildman–Crippen MR) is 484 cm³/mol. The molecule has 0 radical (unpaired) electrons. The van der Waals surface area contributed by atoms with Gasteiger partial charge in [-0.2, -0.15) is 39.9 Å². The number of hydrogen-bond acceptors (Lipinski definition) is 30. The molecule has 2 aliphatic carbocycles. The predicted octanol–water partition coefficient (Wildman–Crippen LogP) is 15.8. The molecule has 4 aliphatic heterocycles. The van der Waals surface area contributed by atoms with Crippen molar-refractivity contribution in [1.29, 1.82) is 0 Å². The second-order valence-corrected chi connectivity index (χ2v) is 29.9. The number of benzene rings is 7. The molecule has 0 spiro atoms. The maximum Gasteiger partial charge on any atom is 0.231 e. The van der Waals surface area contributed by atoms with Crippen LogP contribution in [0, 0.1) is 5.92 Å². The van der Waals surface area contributed by atoms with E-state index in [1.807, 2.05) is 103 Å². The van der Waals surface area contributed by atoms with E-state index in [1.54, 1.807) is 32.4 Å². The average molecular weight is 1660 g/mol. The molecule has 6 aliphatic rings. The van der Waals surface area contributed by atoms with Crippen molar-refractivity contribution < 1.29 is 28.4 Å². The summed E-state index contributed by atoms with van der Waals surface area (Å²) in [6.07, 6.45) is 14.1. The van der Waals surface area contributed by atoms with Gasteiger partial charge < -0.3 is 110 Å². The van der Waals surface area contributed by atoms with Crippen LogP contribution in [0.25, 0.3) is 44.7 Å². The van der Waals surface area contributed by atoms with Gasteiger partial charge >= 0.3 is 0 Å². The zero-order valence-corrected chi connectivity index (χ0v) is 67.6. The van der Waals surface area contributed by atoms with Crippen LogP contribution in [0.3, 0.4) is 0 Å². The van der Waals surface area contributed by atoms with E-state index >= 15 is 0 Å². The van der Waals surface area contributed by atoms with Crippen molar-refractivity contribution in [1.82, 2.24) is 79.7 Å². The minimum atomic E-state index is 0. The summed E-state index contributed by atoms with van der Waals surface area (Å²) in [6, 6.07) is 58.7. The van der Waals surface area contributed by atoms with Gasteiger partial charge in [-0.25, -0.2) is 19.9 Å². The van der Waals surface area contributed by atoms with Crippen molar-refractivity contribution in [2.75, 3.05) is 181 Å². The van der Waals surface area contributed by atoms with E-state index in [0.29, 0.717) is 64.1 Å². The topological polar surface area (TPSA) is 382 Å². The molecule has 6 fully saturated rings. The van der Waals surface area contributed by atoms with Crippen LogP contribution in [0.2, 0.25) is 0 Å². The minimum Gasteiger partial charge on any atom is -0.497 e. The highest BCUT2D eigenvalue weighted by Crippen LogP contribution is 2.35. The van der Waals surface area contributed by atoms with E-state index in [-0.39, 0.29) is 7.43 Å². The average Bonchev–Trinajstić information content (AvgIpc) is 1.77. The molecule has 0 atom stereocenters. The monoisotopic (exact) mass is 1660 g/mol. The molecule has 632 valence electrons. The molecule has 21 rings (SSSR count). The fraction of sp³-hybridized carbons (Fsp3) is 0.303. The summed E-state index contributed by atoms with van der Waals surface area (Å²) < 4.78 is 32.9. The largest absolute Gasteiger partial charge is 0.497 e. The number of rotatable bonds is 24. The van der Waals surface area contributed by atoms with E-state index in [1.165, 1.54) is 61.3 Å². The third-order valence-electron chi connectivity index (χ3n) is 21.5. The zero-order valence-electron chi connectivity index (χ0n) is 67.6. The van der Waals surface area contributed by atoms with Crippen LogP contribution in [0.5, 0.6) is 17.2 Å². The molecule has 2 saturated carbocycles. The Balaban J connectivity index is 0.000000117. The summed E-state index contributed by atoms with van der Waals surface area (Å²) in [5.41, 5.74) is 15.9. The van der Waals surface area contributed by atoms with E-state index in [0.717, 1.165) is 203 Å². The van der Waals surface area contributed by atoms with Crippen LogP contribution >= 0.6 is 0 Å². The van der Waals surface area contributed by atoms with Crippen molar-refractivity contribution in [2.45, 2.75) is 52.0 Å². The van der Waals surface area contributed by atoms with Crippen LogP contribution < -0.4 is 71.6 Å². The van der Waals surface area contributed by atoms with Gasteiger partial charge in [-0.15, -0.1) is 0 Å². The molecular formula is C89H100N28O6. The third kappa shape index (κ3) is 21.2. The molecule has 12 heterocycles. The van der Waals surface area contributed by atoms with E-state index < -0.39 is 0 Å². The highest BCUT2D eigenvalue weighted by molar-refractivity contribution is 5.89. The Morgan fingerprint density at radius 3 is 1.07 bits per heavy atom. The highest BCUT2D eigenvalue weighted by Gasteiger charge is 2.24. The van der Waals surface area contributed by atoms with Crippen molar-refractivity contribution >= 4 is 149 Å². The normalized spacial score (nSPS) is 15.3. The van der Waals surface area contributed by atoms with Gasteiger partial charge in [0.15, 0.2) is 45.9 Å². The van der Waals surface area contributed by atoms with E-state index in [2.05, 4.69) is 205 Å². The summed E-state index contributed by atoms with van der Waals surface area (Å²) in [4.78, 5) is 75.9. The second-order valence-electron chi connectivity index (χ2n) is 29.9. The number of methoxy groups -OCH3 is 1. The minimum absolute atomic E-state index is 0. The van der Waals surface area contributed by atoms with Gasteiger partial charge in [0.2, 0.25) is 23.8 Å². The molecule has 0 bridgehead atoms. The number of aromatic nitrogens is 16. The van der Waals surface area contributed by atoms with Gasteiger partial charge in [0, 0.05) is 128 Å². The summed E-state index contributed by atoms with van der Waals surface area (Å²) in [5, 5.41) is 26.9. The standard InChI is InChI=1S/C27H25N7O2.C22H23N7O2.C20H25N7O.C19H23N7O.CH4/c1-2-6-22(7-3-1)36-23-8-4-5-20(17-23)30-26-24-25(29-18-28-24)32-27(33-26)31-19-9-11-21(12-10-19)34-13-15-35-16-14-34;1-30-18-8-4-15(5-9-18)25-21-19-20(24-14-23-19)27-22(28-21)26-16-2-6-17(7-3-16)29-10-12-31-13-11-29;1-2-4-14(3-1)23-19-17-18(22-13-21-17)25-20(26-19)24-15-5-7-16(8-6-15)27-9-11-28-12-10-27;1-2-13(1)11-20-17-16-18(22-12-21-16)25-19(24-17)23-14-3-5-15(6-4-14)26-7-9-27-10-8-26;/h1-12,17-18H,13-16H2,(H3,28,29,30,31,32,33);2-9,14H,10-13H2,1H3,(H3,23,24,25,26,27,28);5-8,13-14H,1-4,9-12H2,(H3,21,22,23,24,25,26);3-6,12-13H,1-2,7-11H2,(H3,20,21,22,23,24,25);1H4. The van der Waals surface area contributed by atoms with Gasteiger partial charge in [-0.05, 0) is 177 Å². The number of nitrogens with one attached hydrogen (secondary N) is 12. The molecule has 0 amide bonds. The first-order valence-corrected chi connectivity index (χ1v) is 41.4. The Morgan fingerprint density at radius 2 is 0.683 bits per heavy atom. The number of imidazole rings is 4. The van der Waals surface area contributed by atoms with E-state index in [9.17, 15) is 0 Å². The van der Waals surface area contributed by atoms with Gasteiger partial charge in [0.25, 0.3) is 0 Å². The van der Waals surface area contributed by atoms with Crippen molar-refractivity contribution in [3.05, 3.63) is 201 Å². The Kier molecular flexibility index (Phi) is 25.9. The summed E-state index contributed by atoms with van der Waals surface area (Å²) in [7, 11) is 1.65. The molecule has 34 heteroatoms. The Morgan fingerprint density at radius 1 is 0.341 bits per heavy atom. The SMILES string of the molecule is C.COc1ccc(Nc2nc(Nc3ccc(N4CCOCC4)cc3)nc3nc[nH]c23)cc1.c1ccc(Oc2cccc(Nc3nc(Nc4ccc(N5CCOCC5)cc4)nc4nc[nH]c34)c2)cc1.c1nc2nc(Nc3ccc(N4CCOCC4)cc3)nc(NC3CCCC3)c2[nH]1.c1nc2nc(Nc3ccc(N4CCOCC4)cc3)nc(NCC3CC3)c2[nH]1. The first-order valence-electron chi connectivity index (χ1n) is 41.4. The summed E-state index contributed by atoms with van der Waals surface area (Å²) >= 11 is 0. The highest BCUT2D eigenvalue weighted by atomic mass is 16.5. The number of fused-ring (bicyclic) bond motifs is 4. The molecule has 8 aromatic heterocycles. The smallest absolute Gasteiger partial charge is 0.231 e. The lowest BCUT2D eigenvalue weighted by molar-refractivity contribution is 0.122. The third-order valence-corrected chi connectivity index (χ3v) is 21.5. The molecular weight excluding hydrogens is 1560 g/mol. The lowest BCUT2D eigenvalue weighted by Gasteiger charge is -2.28. The fourth-order valence-electron chi connectivity index (χ4n) is 14.8. The zero-order chi connectivity index (χ0) is 82.0. The quantitative estimate of drug-likeness (QED) is 0.0267. The molecule has 4 saturated heterocycles. The number of para-hydroxylation sites is 1. The maximum atomic E-state index is 5.97. The number of morpholine rings is 4. The number of H-pyrrole nitrogens is 4. The lowest BCUT2D eigenvalue weighted by atomic mass is 10.2. The molecule has 0 unspecified atom stereocenters. The molecule has 7 aromatic carbocycles. The van der Waals surface area contributed by atoms with Crippen molar-refractivity contribution in [3.63, 3.8) is 0 Å². The summed E-state index contributed by atoms with van der Waals surface area (Å²) in [6.45, 7) is 14.5. The van der Waals surface area contributed by atoms with Crippen LogP contribution in [0.15, 0.2) is 201 Å². The number of aromatic amines is 4. The van der Waals surface area contributed by atoms with Gasteiger partial charge in [0.05, 0.1) is 85.3 Å². The van der Waals surface area contributed by atoms with Gasteiger partial charge in [0.1, 0.15) is 39.3 Å². The second kappa shape index (κ2) is 39.3. The first-order chi connectivity index (χ1) is 60.3. The van der Waals surface area contributed by atoms with Crippen LogP contribution in [-0.4, -0.2) is 205 Å². The van der Waals surface area contributed by atoms with Crippen LogP contribution in [-0.2, 0) is 18.9 Å². The number of hydrogen-bond donors (Lipinski definition) is 12. The lowest BCUT2D eigenvalue weighted by Crippen LogP contribution is -2.36. The van der Waals surface area contributed by atoms with Crippen LogP contribution in [0.1, 0.15) is 46.0 Å². The molecule has 12 N–H and O–H groups in total. The van der Waals surface area contributed by atoms with Crippen molar-refractivity contribution in [2.24, 2.45) is 5.92 Å². The Hall–Kier alpha value is -14.2.